The number of methoxy groups -OCH3 is 2. The topological polar surface area (TPSA) is 28.3 Å². The van der Waals surface area contributed by atoms with Crippen LogP contribution in [0.25, 0.3) is 0 Å². The Morgan fingerprint density at radius 1 is 0.783 bits per heavy atom. The van der Waals surface area contributed by atoms with Gasteiger partial charge in [0.25, 0.3) is 0 Å². The molecule has 0 atom stereocenters. The molecule has 0 N–H and O–H groups in total. The van der Waals surface area contributed by atoms with Crippen molar-refractivity contribution in [2.45, 2.75) is 5.92 Å². The van der Waals surface area contributed by atoms with Crippen LogP contribution >= 0.6 is 0 Å². The average molecular weight is 310 g/mol. The van der Waals surface area contributed by atoms with E-state index in [9.17, 15) is 0 Å². The first-order valence-corrected chi connectivity index (χ1v) is 7.60. The van der Waals surface area contributed by atoms with Crippen LogP contribution in [-0.2, 0) is 14.1 Å². The minimum absolute atomic E-state index is 0.134. The van der Waals surface area contributed by atoms with Gasteiger partial charge in [-0.1, -0.05) is 6.07 Å². The highest BCUT2D eigenvalue weighted by Gasteiger charge is 2.22. The summed E-state index contributed by atoms with van der Waals surface area (Å²) in [5, 5.41) is 0. The summed E-state index contributed by atoms with van der Waals surface area (Å²) in [5.41, 5.74) is 3.64. The molecule has 0 saturated carbocycles. The second kappa shape index (κ2) is 6.24. The zero-order valence-electron chi connectivity index (χ0n) is 14.0. The number of rotatable bonds is 5. The summed E-state index contributed by atoms with van der Waals surface area (Å²) in [5.74, 6) is 1.63. The zero-order valence-corrected chi connectivity index (χ0v) is 14.0. The molecular formula is C19H22N2O2. The molecule has 0 aliphatic heterocycles. The van der Waals surface area contributed by atoms with Crippen LogP contribution in [0, 0.1) is 0 Å². The highest BCUT2D eigenvalue weighted by Crippen LogP contribution is 2.37. The van der Waals surface area contributed by atoms with Gasteiger partial charge in [-0.3, -0.25) is 0 Å². The molecule has 0 saturated heterocycles. The van der Waals surface area contributed by atoms with Gasteiger partial charge in [0, 0.05) is 37.9 Å². The summed E-state index contributed by atoms with van der Waals surface area (Å²) < 4.78 is 15.2. The zero-order chi connectivity index (χ0) is 16.4. The predicted octanol–water partition coefficient (Wildman–Crippen LogP) is 3.56. The first kappa shape index (κ1) is 15.3. The molecule has 4 heteroatoms. The molecular weight excluding hydrogens is 288 g/mol. The maximum atomic E-state index is 5.48. The quantitative estimate of drug-likeness (QED) is 0.721. The molecule has 3 aromatic rings. The number of hydrogen-bond acceptors (Lipinski definition) is 2. The second-order valence-corrected chi connectivity index (χ2v) is 5.64. The number of aryl methyl sites for hydroxylation is 2. The van der Waals surface area contributed by atoms with Crippen molar-refractivity contribution in [3.05, 3.63) is 71.8 Å². The molecule has 0 amide bonds. The van der Waals surface area contributed by atoms with Gasteiger partial charge in [-0.05, 0) is 42.0 Å². The maximum absolute atomic E-state index is 5.48. The van der Waals surface area contributed by atoms with Gasteiger partial charge in [0.2, 0.25) is 0 Å². The molecule has 3 rings (SSSR count). The van der Waals surface area contributed by atoms with Gasteiger partial charge in [-0.2, -0.15) is 0 Å². The Morgan fingerprint density at radius 3 is 1.78 bits per heavy atom. The van der Waals surface area contributed by atoms with E-state index in [0.717, 1.165) is 11.5 Å². The van der Waals surface area contributed by atoms with Crippen LogP contribution < -0.4 is 9.47 Å². The summed E-state index contributed by atoms with van der Waals surface area (Å²) in [4.78, 5) is 0. The lowest BCUT2D eigenvalue weighted by Crippen LogP contribution is -2.11. The van der Waals surface area contributed by atoms with Crippen LogP contribution in [0.5, 0.6) is 11.5 Å². The molecule has 0 aliphatic rings. The van der Waals surface area contributed by atoms with E-state index in [-0.39, 0.29) is 5.92 Å². The van der Waals surface area contributed by atoms with Crippen molar-refractivity contribution in [1.29, 1.82) is 0 Å². The van der Waals surface area contributed by atoms with Crippen LogP contribution in [0.2, 0.25) is 0 Å². The molecule has 2 heterocycles. The Balaban J connectivity index is 2.17. The molecule has 1 aromatic carbocycles. The summed E-state index contributed by atoms with van der Waals surface area (Å²) in [7, 11) is 7.48. The second-order valence-electron chi connectivity index (χ2n) is 5.64. The lowest BCUT2D eigenvalue weighted by atomic mass is 9.92. The van der Waals surface area contributed by atoms with Crippen LogP contribution in [0.1, 0.15) is 22.9 Å². The minimum Gasteiger partial charge on any atom is -0.493 e. The number of aromatic nitrogens is 2. The molecule has 0 unspecified atom stereocenters. The Morgan fingerprint density at radius 2 is 1.35 bits per heavy atom. The van der Waals surface area contributed by atoms with Crippen molar-refractivity contribution >= 4 is 0 Å². The SMILES string of the molecule is COc1ccc(C(c2cccn2C)c2cccn2C)cc1OC. The molecule has 0 spiro atoms. The first-order valence-electron chi connectivity index (χ1n) is 7.60. The molecule has 120 valence electrons. The molecule has 0 fully saturated rings. The van der Waals surface area contributed by atoms with Crippen LogP contribution in [0.4, 0.5) is 0 Å². The third kappa shape index (κ3) is 2.72. The van der Waals surface area contributed by atoms with E-state index < -0.39 is 0 Å². The summed E-state index contributed by atoms with van der Waals surface area (Å²) in [6, 6.07) is 14.6. The van der Waals surface area contributed by atoms with E-state index in [1.165, 1.54) is 17.0 Å². The van der Waals surface area contributed by atoms with Gasteiger partial charge in [-0.15, -0.1) is 0 Å². The van der Waals surface area contributed by atoms with Crippen LogP contribution in [-0.4, -0.2) is 23.4 Å². The van der Waals surface area contributed by atoms with Crippen molar-refractivity contribution < 1.29 is 9.47 Å². The fraction of sp³-hybridized carbons (Fsp3) is 0.263. The molecule has 0 aliphatic carbocycles. The van der Waals surface area contributed by atoms with Crippen LogP contribution in [0.15, 0.2) is 54.9 Å². The fourth-order valence-electron chi connectivity index (χ4n) is 3.07. The first-order chi connectivity index (χ1) is 11.2. The third-order valence-corrected chi connectivity index (χ3v) is 4.30. The van der Waals surface area contributed by atoms with Gasteiger partial charge in [0.15, 0.2) is 11.5 Å². The summed E-state index contributed by atoms with van der Waals surface area (Å²) in [6.07, 6.45) is 4.15. The normalized spacial score (nSPS) is 11.0. The predicted molar refractivity (Wildman–Crippen MR) is 91.3 cm³/mol. The highest BCUT2D eigenvalue weighted by atomic mass is 16.5. The van der Waals surface area contributed by atoms with Gasteiger partial charge in [-0.25, -0.2) is 0 Å². The van der Waals surface area contributed by atoms with E-state index in [2.05, 4.69) is 72.0 Å². The fourth-order valence-corrected chi connectivity index (χ4v) is 3.07. The molecule has 23 heavy (non-hydrogen) atoms. The third-order valence-electron chi connectivity index (χ3n) is 4.30. The van der Waals surface area contributed by atoms with Crippen molar-refractivity contribution in [1.82, 2.24) is 9.13 Å². The van der Waals surface area contributed by atoms with Crippen molar-refractivity contribution in [3.8, 4) is 11.5 Å². The van der Waals surface area contributed by atoms with E-state index in [1.54, 1.807) is 14.2 Å². The van der Waals surface area contributed by atoms with Gasteiger partial charge >= 0.3 is 0 Å². The van der Waals surface area contributed by atoms with E-state index in [1.807, 2.05) is 6.07 Å². The highest BCUT2D eigenvalue weighted by molar-refractivity contribution is 5.48. The lowest BCUT2D eigenvalue weighted by molar-refractivity contribution is 0.354. The smallest absolute Gasteiger partial charge is 0.161 e. The number of benzene rings is 1. The molecule has 0 bridgehead atoms. The van der Waals surface area contributed by atoms with Gasteiger partial charge in [0.1, 0.15) is 0 Å². The van der Waals surface area contributed by atoms with Crippen molar-refractivity contribution in [2.75, 3.05) is 14.2 Å². The molecule has 0 radical (unpaired) electrons. The van der Waals surface area contributed by atoms with Gasteiger partial charge < -0.3 is 18.6 Å². The number of ether oxygens (including phenoxy) is 2. The standard InChI is InChI=1S/C19H22N2O2/c1-20-11-5-7-15(20)19(16-8-6-12-21(16)2)14-9-10-17(22-3)18(13-14)23-4/h5-13,19H,1-4H3. The Kier molecular flexibility index (Phi) is 4.15. The monoisotopic (exact) mass is 310 g/mol. The average Bonchev–Trinajstić information content (AvgIpc) is 3.17. The molecule has 2 aromatic heterocycles. The van der Waals surface area contributed by atoms with E-state index >= 15 is 0 Å². The number of nitrogens with zero attached hydrogens (tertiary/aromatic N) is 2. The summed E-state index contributed by atoms with van der Waals surface area (Å²) in [6.45, 7) is 0. The summed E-state index contributed by atoms with van der Waals surface area (Å²) >= 11 is 0. The largest absolute Gasteiger partial charge is 0.493 e. The van der Waals surface area contributed by atoms with Crippen LogP contribution in [0.3, 0.4) is 0 Å². The van der Waals surface area contributed by atoms with Crippen molar-refractivity contribution in [2.24, 2.45) is 14.1 Å². The Bertz CT molecular complexity index is 761. The van der Waals surface area contributed by atoms with Crippen molar-refractivity contribution in [3.63, 3.8) is 0 Å². The molecule has 4 nitrogen and oxygen atoms in total. The Labute approximate surface area is 136 Å². The van der Waals surface area contributed by atoms with E-state index in [0.29, 0.717) is 0 Å². The minimum atomic E-state index is 0.134. The Hall–Kier alpha value is -2.62. The van der Waals surface area contributed by atoms with Gasteiger partial charge in [0.05, 0.1) is 20.1 Å². The maximum Gasteiger partial charge on any atom is 0.161 e. The number of hydrogen-bond donors (Lipinski definition) is 0. The lowest BCUT2D eigenvalue weighted by Gasteiger charge is -2.21. The van der Waals surface area contributed by atoms with E-state index in [4.69, 9.17) is 9.47 Å².